The first-order chi connectivity index (χ1) is 14.0. The Bertz CT molecular complexity index is 1130. The highest BCUT2D eigenvalue weighted by Gasteiger charge is 2.15. The van der Waals surface area contributed by atoms with Crippen molar-refractivity contribution in [2.24, 2.45) is 0 Å². The topological polar surface area (TPSA) is 46.4 Å². The van der Waals surface area contributed by atoms with Crippen molar-refractivity contribution in [1.82, 2.24) is 4.57 Å². The molecule has 0 radical (unpaired) electrons. The molecule has 0 saturated carbocycles. The number of nitrogens with one attached hydrogen (secondary N) is 1. The van der Waals surface area contributed by atoms with Crippen molar-refractivity contribution < 1.29 is 9.84 Å². The molecule has 0 saturated heterocycles. The number of aromatic nitrogens is 1. The van der Waals surface area contributed by atoms with Gasteiger partial charge >= 0.3 is 0 Å². The van der Waals surface area contributed by atoms with Gasteiger partial charge in [0.2, 0.25) is 0 Å². The highest BCUT2D eigenvalue weighted by atomic mass is 79.9. The maximum absolute atomic E-state index is 10.8. The molecule has 0 aliphatic carbocycles. The summed E-state index contributed by atoms with van der Waals surface area (Å²) in [5.74, 6) is 0.688. The highest BCUT2D eigenvalue weighted by Crippen LogP contribution is 2.33. The number of anilines is 1. The van der Waals surface area contributed by atoms with Gasteiger partial charge in [0, 0.05) is 42.3 Å². The van der Waals surface area contributed by atoms with E-state index in [-0.39, 0.29) is 0 Å². The van der Waals surface area contributed by atoms with Gasteiger partial charge in [-0.2, -0.15) is 0 Å². The van der Waals surface area contributed by atoms with Crippen LogP contribution in [0.5, 0.6) is 5.75 Å². The van der Waals surface area contributed by atoms with Crippen molar-refractivity contribution >= 4 is 71.0 Å². The number of hydrogen-bond donors (Lipinski definition) is 2. The van der Waals surface area contributed by atoms with Crippen LogP contribution in [0.25, 0.3) is 21.8 Å². The van der Waals surface area contributed by atoms with Crippen LogP contribution in [-0.4, -0.2) is 29.4 Å². The standard InChI is InChI=1S/C22H19Br2ClN2O2/c1-29-22-7-4-15(25)10-19(22)26-11-16(28)12-27-20-5-2-13(23)8-17(20)18-9-14(24)3-6-21(18)27/h2-10,16,26,28H,11-12H2,1H3. The van der Waals surface area contributed by atoms with E-state index in [1.54, 1.807) is 25.3 Å². The summed E-state index contributed by atoms with van der Waals surface area (Å²) in [4.78, 5) is 0. The average molecular weight is 539 g/mol. The molecule has 0 fully saturated rings. The normalized spacial score (nSPS) is 12.4. The number of nitrogens with zero attached hydrogens (tertiary/aromatic N) is 1. The van der Waals surface area contributed by atoms with Crippen molar-refractivity contribution in [3.63, 3.8) is 0 Å². The third-order valence-electron chi connectivity index (χ3n) is 4.87. The summed E-state index contributed by atoms with van der Waals surface area (Å²) in [6, 6.07) is 17.8. The Labute approximate surface area is 190 Å². The molecule has 2 N–H and O–H groups in total. The Morgan fingerprint density at radius 2 is 1.62 bits per heavy atom. The number of ether oxygens (including phenoxy) is 1. The number of benzene rings is 3. The predicted octanol–water partition coefficient (Wildman–Crippen LogP) is 6.45. The molecule has 4 nitrogen and oxygen atoms in total. The second-order valence-electron chi connectivity index (χ2n) is 6.81. The lowest BCUT2D eigenvalue weighted by atomic mass is 10.2. The minimum Gasteiger partial charge on any atom is -0.495 e. The Morgan fingerprint density at radius 3 is 2.21 bits per heavy atom. The molecule has 1 atom stereocenters. The first kappa shape index (κ1) is 20.5. The van der Waals surface area contributed by atoms with Crippen LogP contribution in [0.3, 0.4) is 0 Å². The summed E-state index contributed by atoms with van der Waals surface area (Å²) in [5.41, 5.74) is 2.93. The lowest BCUT2D eigenvalue weighted by molar-refractivity contribution is 0.169. The maximum Gasteiger partial charge on any atom is 0.142 e. The van der Waals surface area contributed by atoms with Crippen LogP contribution in [0.15, 0.2) is 63.5 Å². The molecule has 0 aliphatic rings. The molecule has 1 unspecified atom stereocenters. The minimum atomic E-state index is -0.607. The van der Waals surface area contributed by atoms with Gasteiger partial charge in [0.25, 0.3) is 0 Å². The van der Waals surface area contributed by atoms with Crippen molar-refractivity contribution in [2.75, 3.05) is 19.0 Å². The number of hydrogen-bond acceptors (Lipinski definition) is 3. The van der Waals surface area contributed by atoms with Gasteiger partial charge in [-0.15, -0.1) is 0 Å². The molecule has 0 bridgehead atoms. The highest BCUT2D eigenvalue weighted by molar-refractivity contribution is 9.10. The number of aliphatic hydroxyl groups is 1. The Kier molecular flexibility index (Phi) is 6.06. The summed E-state index contributed by atoms with van der Waals surface area (Å²) < 4.78 is 9.57. The summed E-state index contributed by atoms with van der Waals surface area (Å²) in [7, 11) is 1.61. The predicted molar refractivity (Wildman–Crippen MR) is 127 cm³/mol. The number of methoxy groups -OCH3 is 1. The van der Waals surface area contributed by atoms with E-state index in [0.717, 1.165) is 36.4 Å². The third kappa shape index (κ3) is 4.26. The number of rotatable bonds is 6. The van der Waals surface area contributed by atoms with Crippen LogP contribution < -0.4 is 10.1 Å². The first-order valence-electron chi connectivity index (χ1n) is 9.09. The monoisotopic (exact) mass is 536 g/mol. The molecule has 4 aromatic rings. The van der Waals surface area contributed by atoms with Gasteiger partial charge in [0.1, 0.15) is 5.75 Å². The molecule has 150 valence electrons. The van der Waals surface area contributed by atoms with Gasteiger partial charge < -0.3 is 19.7 Å². The van der Waals surface area contributed by atoms with Gasteiger partial charge in [-0.05, 0) is 54.6 Å². The second kappa shape index (κ2) is 8.56. The minimum absolute atomic E-state index is 0.366. The van der Waals surface area contributed by atoms with Crippen LogP contribution >= 0.6 is 43.5 Å². The van der Waals surface area contributed by atoms with Crippen LogP contribution in [0.4, 0.5) is 5.69 Å². The Balaban J connectivity index is 1.63. The number of aliphatic hydroxyl groups excluding tert-OH is 1. The first-order valence-corrected chi connectivity index (χ1v) is 11.0. The third-order valence-corrected chi connectivity index (χ3v) is 6.09. The average Bonchev–Trinajstić information content (AvgIpc) is 2.98. The molecule has 0 amide bonds. The molecule has 4 rings (SSSR count). The fourth-order valence-electron chi connectivity index (χ4n) is 3.57. The van der Waals surface area contributed by atoms with E-state index in [1.807, 2.05) is 12.1 Å². The molecule has 0 spiro atoms. The van der Waals surface area contributed by atoms with Crippen molar-refractivity contribution in [2.45, 2.75) is 12.6 Å². The zero-order valence-corrected chi connectivity index (χ0v) is 19.6. The zero-order chi connectivity index (χ0) is 20.5. The van der Waals surface area contributed by atoms with E-state index in [2.05, 4.69) is 66.0 Å². The van der Waals surface area contributed by atoms with E-state index < -0.39 is 6.10 Å². The zero-order valence-electron chi connectivity index (χ0n) is 15.6. The van der Waals surface area contributed by atoms with Gasteiger partial charge in [-0.1, -0.05) is 43.5 Å². The van der Waals surface area contributed by atoms with E-state index in [9.17, 15) is 5.11 Å². The molecule has 29 heavy (non-hydrogen) atoms. The van der Waals surface area contributed by atoms with Crippen LogP contribution in [0.1, 0.15) is 0 Å². The van der Waals surface area contributed by atoms with Gasteiger partial charge in [0.15, 0.2) is 0 Å². The van der Waals surface area contributed by atoms with Crippen molar-refractivity contribution in [1.29, 1.82) is 0 Å². The van der Waals surface area contributed by atoms with Gasteiger partial charge in [-0.25, -0.2) is 0 Å². The lowest BCUT2D eigenvalue weighted by Crippen LogP contribution is -2.25. The van der Waals surface area contributed by atoms with E-state index >= 15 is 0 Å². The van der Waals surface area contributed by atoms with Crippen LogP contribution in [0, 0.1) is 0 Å². The van der Waals surface area contributed by atoms with Crippen molar-refractivity contribution in [3.8, 4) is 5.75 Å². The molecule has 1 aromatic heterocycles. The maximum atomic E-state index is 10.8. The Hall–Kier alpha value is -1.73. The van der Waals surface area contributed by atoms with E-state index in [1.165, 1.54) is 0 Å². The van der Waals surface area contributed by atoms with E-state index in [0.29, 0.717) is 23.9 Å². The fraction of sp³-hybridized carbons (Fsp3) is 0.182. The second-order valence-corrected chi connectivity index (χ2v) is 9.08. The smallest absolute Gasteiger partial charge is 0.142 e. The number of fused-ring (bicyclic) bond motifs is 3. The summed E-state index contributed by atoms with van der Waals surface area (Å²) >= 11 is 13.2. The molecule has 0 aliphatic heterocycles. The van der Waals surface area contributed by atoms with Gasteiger partial charge in [0.05, 0.1) is 25.4 Å². The SMILES string of the molecule is COc1ccc(Cl)cc1NCC(O)Cn1c2ccc(Br)cc2c2cc(Br)ccc21. The molecule has 3 aromatic carbocycles. The molecule has 7 heteroatoms. The van der Waals surface area contributed by atoms with Crippen LogP contribution in [-0.2, 0) is 6.54 Å². The quantitative estimate of drug-likeness (QED) is 0.296. The molecular weight excluding hydrogens is 520 g/mol. The fourth-order valence-corrected chi connectivity index (χ4v) is 4.46. The molecular formula is C22H19Br2ClN2O2. The summed E-state index contributed by atoms with van der Waals surface area (Å²) in [6.07, 6.45) is -0.607. The molecule has 1 heterocycles. The van der Waals surface area contributed by atoms with Gasteiger partial charge in [-0.3, -0.25) is 0 Å². The Morgan fingerprint density at radius 1 is 1.00 bits per heavy atom. The summed E-state index contributed by atoms with van der Waals surface area (Å²) in [6.45, 7) is 0.823. The lowest BCUT2D eigenvalue weighted by Gasteiger charge is -2.17. The summed E-state index contributed by atoms with van der Waals surface area (Å²) in [5, 5.41) is 16.9. The number of halogens is 3. The van der Waals surface area contributed by atoms with Crippen molar-refractivity contribution in [3.05, 3.63) is 68.6 Å². The largest absolute Gasteiger partial charge is 0.495 e. The van der Waals surface area contributed by atoms with Crippen LogP contribution in [0.2, 0.25) is 5.02 Å². The van der Waals surface area contributed by atoms with E-state index in [4.69, 9.17) is 16.3 Å².